The molecule has 0 aliphatic carbocycles. The van der Waals surface area contributed by atoms with Gasteiger partial charge in [-0.05, 0) is 74.8 Å². The van der Waals surface area contributed by atoms with Gasteiger partial charge in [0, 0.05) is 36.8 Å². The van der Waals surface area contributed by atoms with Crippen molar-refractivity contribution in [3.63, 3.8) is 0 Å². The zero-order chi connectivity index (χ0) is 19.1. The highest BCUT2D eigenvalue weighted by Gasteiger charge is 2.39. The molecule has 4 rings (SSSR count). The van der Waals surface area contributed by atoms with Crippen LogP contribution in [0, 0.1) is 11.7 Å². The van der Waals surface area contributed by atoms with Crippen molar-refractivity contribution in [3.05, 3.63) is 34.6 Å². The molecular formula is C21H30FN3O2. The standard InChI is InChI=1S/C21H30FN3O2/c1-3-16-10-19-15(8-14(9-20(19)22)21(26)23-27)12-25(16)11-13-6-17-4-5-18(7-13)24(17)2/h8-9,13,16-18,27H,3-7,10-12H2,1-2H3,(H,23,26)/t13?,16-,17-,18+/m1/s1. The first-order valence-corrected chi connectivity index (χ1v) is 10.2. The lowest BCUT2D eigenvalue weighted by Crippen LogP contribution is -2.47. The topological polar surface area (TPSA) is 55.8 Å². The van der Waals surface area contributed by atoms with Crippen molar-refractivity contribution in [2.45, 2.75) is 70.1 Å². The summed E-state index contributed by atoms with van der Waals surface area (Å²) in [6.07, 6.45) is 6.85. The molecule has 3 aliphatic rings. The SMILES string of the molecule is CC[C@@H]1Cc2c(F)cc(C(=O)NO)cc2CN1CC1C[C@H]2CC[C@@H](C1)N2C. The fourth-order valence-corrected chi connectivity index (χ4v) is 5.59. The fourth-order valence-electron chi connectivity index (χ4n) is 5.59. The zero-order valence-electron chi connectivity index (χ0n) is 16.2. The molecule has 3 aliphatic heterocycles. The smallest absolute Gasteiger partial charge is 0.274 e. The van der Waals surface area contributed by atoms with Crippen LogP contribution in [0.5, 0.6) is 0 Å². The van der Waals surface area contributed by atoms with Crippen LogP contribution in [0.1, 0.15) is 60.5 Å². The fraction of sp³-hybridized carbons (Fsp3) is 0.667. The van der Waals surface area contributed by atoms with Crippen LogP contribution in [0.2, 0.25) is 0 Å². The Morgan fingerprint density at radius 3 is 2.63 bits per heavy atom. The van der Waals surface area contributed by atoms with Crippen LogP contribution < -0.4 is 5.48 Å². The number of nitrogens with one attached hydrogen (secondary N) is 1. The lowest BCUT2D eigenvalue weighted by Gasteiger charge is -2.42. The molecule has 1 aromatic rings. The summed E-state index contributed by atoms with van der Waals surface area (Å²) in [6, 6.07) is 4.77. The van der Waals surface area contributed by atoms with Crippen LogP contribution in [0.3, 0.4) is 0 Å². The second kappa shape index (κ2) is 7.49. The van der Waals surface area contributed by atoms with E-state index in [4.69, 9.17) is 5.21 Å². The molecule has 2 fully saturated rings. The van der Waals surface area contributed by atoms with Crippen molar-refractivity contribution < 1.29 is 14.4 Å². The van der Waals surface area contributed by atoms with Crippen LogP contribution >= 0.6 is 0 Å². The number of hydrogen-bond acceptors (Lipinski definition) is 4. The van der Waals surface area contributed by atoms with Crippen molar-refractivity contribution in [2.75, 3.05) is 13.6 Å². The lowest BCUT2D eigenvalue weighted by atomic mass is 9.86. The number of fused-ring (bicyclic) bond motifs is 3. The molecule has 1 aromatic carbocycles. The minimum atomic E-state index is -0.659. The van der Waals surface area contributed by atoms with E-state index in [0.29, 0.717) is 24.9 Å². The Balaban J connectivity index is 1.53. The van der Waals surface area contributed by atoms with Crippen molar-refractivity contribution >= 4 is 5.91 Å². The molecule has 3 heterocycles. The summed E-state index contributed by atoms with van der Waals surface area (Å²) >= 11 is 0. The molecule has 4 atom stereocenters. The number of halogens is 1. The maximum Gasteiger partial charge on any atom is 0.274 e. The van der Waals surface area contributed by atoms with Gasteiger partial charge in [-0.1, -0.05) is 6.92 Å². The van der Waals surface area contributed by atoms with Gasteiger partial charge in [-0.25, -0.2) is 9.87 Å². The minimum absolute atomic E-state index is 0.181. The van der Waals surface area contributed by atoms with E-state index < -0.39 is 5.91 Å². The lowest BCUT2D eigenvalue weighted by molar-refractivity contribution is 0.0702. The number of nitrogens with zero attached hydrogens (tertiary/aromatic N) is 2. The zero-order valence-corrected chi connectivity index (χ0v) is 16.2. The van der Waals surface area contributed by atoms with E-state index >= 15 is 0 Å². The highest BCUT2D eigenvalue weighted by atomic mass is 19.1. The molecule has 27 heavy (non-hydrogen) atoms. The predicted octanol–water partition coefficient (Wildman–Crippen LogP) is 2.95. The maximum absolute atomic E-state index is 14.6. The third-order valence-corrected chi connectivity index (χ3v) is 7.14. The number of hydroxylamine groups is 1. The molecule has 2 N–H and O–H groups in total. The van der Waals surface area contributed by atoms with Crippen LogP contribution in [-0.2, 0) is 13.0 Å². The average Bonchev–Trinajstić information content (AvgIpc) is 2.87. The van der Waals surface area contributed by atoms with Gasteiger partial charge in [0.2, 0.25) is 0 Å². The number of carbonyl (C=O) groups excluding carboxylic acids is 1. The third kappa shape index (κ3) is 3.50. The first-order chi connectivity index (χ1) is 13.0. The third-order valence-electron chi connectivity index (χ3n) is 7.14. The van der Waals surface area contributed by atoms with E-state index in [1.54, 1.807) is 11.5 Å². The van der Waals surface area contributed by atoms with Gasteiger partial charge in [-0.3, -0.25) is 14.9 Å². The highest BCUT2D eigenvalue weighted by Crippen LogP contribution is 2.39. The minimum Gasteiger partial charge on any atom is -0.300 e. The van der Waals surface area contributed by atoms with Gasteiger partial charge in [0.05, 0.1) is 0 Å². The number of benzene rings is 1. The number of hydrogen-bond donors (Lipinski definition) is 2. The Morgan fingerprint density at radius 1 is 1.30 bits per heavy atom. The summed E-state index contributed by atoms with van der Waals surface area (Å²) in [5.74, 6) is -0.294. The van der Waals surface area contributed by atoms with Crippen molar-refractivity contribution in [1.82, 2.24) is 15.3 Å². The molecule has 2 saturated heterocycles. The summed E-state index contributed by atoms with van der Waals surface area (Å²) in [5, 5.41) is 8.87. The first-order valence-electron chi connectivity index (χ1n) is 10.2. The molecule has 1 unspecified atom stereocenters. The molecule has 5 nitrogen and oxygen atoms in total. The van der Waals surface area contributed by atoms with Gasteiger partial charge in [0.15, 0.2) is 0 Å². The first kappa shape index (κ1) is 18.8. The van der Waals surface area contributed by atoms with E-state index in [1.807, 2.05) is 0 Å². The van der Waals surface area contributed by atoms with Gasteiger partial charge >= 0.3 is 0 Å². The van der Waals surface area contributed by atoms with Gasteiger partial charge in [-0.2, -0.15) is 0 Å². The molecule has 148 valence electrons. The number of rotatable bonds is 4. The van der Waals surface area contributed by atoms with E-state index in [9.17, 15) is 9.18 Å². The maximum atomic E-state index is 14.6. The summed E-state index contributed by atoms with van der Waals surface area (Å²) in [5.41, 5.74) is 3.41. The molecule has 0 aromatic heterocycles. The van der Waals surface area contributed by atoms with Gasteiger partial charge in [0.1, 0.15) is 5.82 Å². The number of carbonyl (C=O) groups is 1. The molecule has 1 amide bonds. The van der Waals surface area contributed by atoms with Gasteiger partial charge in [0.25, 0.3) is 5.91 Å². The summed E-state index contributed by atoms with van der Waals surface area (Å²) in [6.45, 7) is 3.91. The van der Waals surface area contributed by atoms with Crippen molar-refractivity contribution in [2.24, 2.45) is 5.92 Å². The van der Waals surface area contributed by atoms with Crippen LogP contribution in [-0.4, -0.2) is 52.6 Å². The average molecular weight is 375 g/mol. The van der Waals surface area contributed by atoms with E-state index in [1.165, 1.54) is 31.7 Å². The Labute approximate surface area is 160 Å². The largest absolute Gasteiger partial charge is 0.300 e. The summed E-state index contributed by atoms with van der Waals surface area (Å²) in [4.78, 5) is 16.8. The van der Waals surface area contributed by atoms with E-state index in [0.717, 1.165) is 36.2 Å². The van der Waals surface area contributed by atoms with E-state index in [2.05, 4.69) is 23.8 Å². The summed E-state index contributed by atoms with van der Waals surface area (Å²) < 4.78 is 14.6. The Hall–Kier alpha value is -1.50. The molecule has 0 spiro atoms. The quantitative estimate of drug-likeness (QED) is 0.628. The highest BCUT2D eigenvalue weighted by molar-refractivity contribution is 5.93. The number of piperidine rings is 1. The van der Waals surface area contributed by atoms with Gasteiger partial charge in [-0.15, -0.1) is 0 Å². The monoisotopic (exact) mass is 375 g/mol. The van der Waals surface area contributed by atoms with Crippen LogP contribution in [0.4, 0.5) is 4.39 Å². The normalized spacial score (nSPS) is 31.0. The van der Waals surface area contributed by atoms with Crippen molar-refractivity contribution in [1.29, 1.82) is 0 Å². The second-order valence-corrected chi connectivity index (χ2v) is 8.62. The molecule has 0 radical (unpaired) electrons. The molecule has 6 heteroatoms. The molecular weight excluding hydrogens is 345 g/mol. The second-order valence-electron chi connectivity index (χ2n) is 8.62. The van der Waals surface area contributed by atoms with Gasteiger partial charge < -0.3 is 4.90 Å². The van der Waals surface area contributed by atoms with E-state index in [-0.39, 0.29) is 11.4 Å². The molecule has 2 bridgehead atoms. The Kier molecular flexibility index (Phi) is 5.23. The predicted molar refractivity (Wildman–Crippen MR) is 101 cm³/mol. The Bertz CT molecular complexity index is 712. The Morgan fingerprint density at radius 2 is 2.00 bits per heavy atom. The van der Waals surface area contributed by atoms with Crippen LogP contribution in [0.25, 0.3) is 0 Å². The molecule has 0 saturated carbocycles. The number of amides is 1. The summed E-state index contributed by atoms with van der Waals surface area (Å²) in [7, 11) is 2.26. The van der Waals surface area contributed by atoms with Crippen LogP contribution in [0.15, 0.2) is 12.1 Å². The van der Waals surface area contributed by atoms with Crippen molar-refractivity contribution in [3.8, 4) is 0 Å².